The molecule has 7 nitrogen and oxygen atoms in total. The molecule has 17 heavy (non-hydrogen) atoms. The SMILES string of the molecule is CCOC1CCN(C(=O)c2nc(N)n[nH]2)CC1. The Bertz CT molecular complexity index is 384. The highest BCUT2D eigenvalue weighted by molar-refractivity contribution is 5.90. The van der Waals surface area contributed by atoms with E-state index in [-0.39, 0.29) is 23.8 Å². The molecule has 1 aromatic heterocycles. The molecule has 0 aliphatic carbocycles. The van der Waals surface area contributed by atoms with E-state index in [2.05, 4.69) is 15.2 Å². The third-order valence-corrected chi connectivity index (χ3v) is 2.84. The molecule has 0 bridgehead atoms. The lowest BCUT2D eigenvalue weighted by molar-refractivity contribution is 0.0142. The average molecular weight is 239 g/mol. The largest absolute Gasteiger partial charge is 0.378 e. The first-order chi connectivity index (χ1) is 8.20. The molecule has 2 heterocycles. The lowest BCUT2D eigenvalue weighted by atomic mass is 10.1. The number of hydrogen-bond acceptors (Lipinski definition) is 5. The number of piperidine rings is 1. The standard InChI is InChI=1S/C10H17N5O2/c1-2-17-7-3-5-15(6-4-7)9(16)8-12-10(11)14-13-8/h7H,2-6H2,1H3,(H3,11,12,13,14). The summed E-state index contributed by atoms with van der Waals surface area (Å²) in [4.78, 5) is 17.5. The Balaban J connectivity index is 1.90. The van der Waals surface area contributed by atoms with E-state index in [1.54, 1.807) is 4.90 Å². The van der Waals surface area contributed by atoms with Crippen LogP contribution in [0.1, 0.15) is 30.4 Å². The number of nitrogens with two attached hydrogens (primary N) is 1. The number of hydrogen-bond donors (Lipinski definition) is 2. The minimum atomic E-state index is -0.149. The number of carbonyl (C=O) groups is 1. The molecule has 0 aromatic carbocycles. The Morgan fingerprint density at radius 1 is 1.59 bits per heavy atom. The Hall–Kier alpha value is -1.63. The zero-order valence-corrected chi connectivity index (χ0v) is 9.85. The molecule has 0 atom stereocenters. The lowest BCUT2D eigenvalue weighted by Gasteiger charge is -2.31. The minimum absolute atomic E-state index is 0.0950. The molecule has 1 saturated heterocycles. The van der Waals surface area contributed by atoms with Crippen molar-refractivity contribution in [3.63, 3.8) is 0 Å². The number of nitrogens with one attached hydrogen (secondary N) is 1. The summed E-state index contributed by atoms with van der Waals surface area (Å²) < 4.78 is 5.53. The van der Waals surface area contributed by atoms with Gasteiger partial charge in [-0.3, -0.25) is 9.89 Å². The Labute approximate surface area is 99.3 Å². The normalized spacial score (nSPS) is 17.4. The van der Waals surface area contributed by atoms with Crippen molar-refractivity contribution in [2.45, 2.75) is 25.9 Å². The topological polar surface area (TPSA) is 97.1 Å². The van der Waals surface area contributed by atoms with Gasteiger partial charge in [-0.15, -0.1) is 5.10 Å². The molecular weight excluding hydrogens is 222 g/mol. The number of anilines is 1. The molecule has 3 N–H and O–H groups in total. The van der Waals surface area contributed by atoms with Gasteiger partial charge < -0.3 is 15.4 Å². The minimum Gasteiger partial charge on any atom is -0.378 e. The second kappa shape index (κ2) is 5.13. The number of likely N-dealkylation sites (tertiary alicyclic amines) is 1. The van der Waals surface area contributed by atoms with Gasteiger partial charge in [0.25, 0.3) is 5.91 Å². The molecular formula is C10H17N5O2. The van der Waals surface area contributed by atoms with Crippen molar-refractivity contribution in [3.8, 4) is 0 Å². The third kappa shape index (κ3) is 2.73. The van der Waals surface area contributed by atoms with E-state index in [0.717, 1.165) is 19.4 Å². The van der Waals surface area contributed by atoms with Crippen LogP contribution in [0.2, 0.25) is 0 Å². The molecule has 0 radical (unpaired) electrons. The van der Waals surface area contributed by atoms with Crippen LogP contribution >= 0.6 is 0 Å². The maximum absolute atomic E-state index is 12.0. The van der Waals surface area contributed by atoms with Crippen LogP contribution in [0.3, 0.4) is 0 Å². The molecule has 0 unspecified atom stereocenters. The Kier molecular flexibility index (Phi) is 3.58. The van der Waals surface area contributed by atoms with Crippen LogP contribution in [0.5, 0.6) is 0 Å². The van der Waals surface area contributed by atoms with E-state index >= 15 is 0 Å². The number of aromatic amines is 1. The van der Waals surface area contributed by atoms with Crippen LogP contribution in [0.25, 0.3) is 0 Å². The summed E-state index contributed by atoms with van der Waals surface area (Å²) in [5.41, 5.74) is 5.36. The summed E-state index contributed by atoms with van der Waals surface area (Å²) in [6.45, 7) is 4.07. The van der Waals surface area contributed by atoms with Gasteiger partial charge in [-0.05, 0) is 19.8 Å². The van der Waals surface area contributed by atoms with Crippen LogP contribution in [-0.4, -0.2) is 51.8 Å². The molecule has 0 spiro atoms. The number of aromatic nitrogens is 3. The predicted molar refractivity (Wildman–Crippen MR) is 61.3 cm³/mol. The second-order valence-electron chi connectivity index (χ2n) is 3.99. The summed E-state index contributed by atoms with van der Waals surface area (Å²) in [6, 6.07) is 0. The third-order valence-electron chi connectivity index (χ3n) is 2.84. The van der Waals surface area contributed by atoms with Crippen LogP contribution in [-0.2, 0) is 4.74 Å². The number of nitrogens with zero attached hydrogens (tertiary/aromatic N) is 3. The predicted octanol–water partition coefficient (Wildman–Crippen LogP) is 0.0280. The molecule has 1 aliphatic heterocycles. The molecule has 2 rings (SSSR count). The summed E-state index contributed by atoms with van der Waals surface area (Å²) in [7, 11) is 0. The molecule has 7 heteroatoms. The summed E-state index contributed by atoms with van der Waals surface area (Å²) >= 11 is 0. The first-order valence-corrected chi connectivity index (χ1v) is 5.79. The van der Waals surface area contributed by atoms with Crippen molar-refractivity contribution in [1.29, 1.82) is 0 Å². The van der Waals surface area contributed by atoms with E-state index in [4.69, 9.17) is 10.5 Å². The van der Waals surface area contributed by atoms with E-state index in [1.165, 1.54) is 0 Å². The molecule has 1 fully saturated rings. The maximum atomic E-state index is 12.0. The van der Waals surface area contributed by atoms with Crippen molar-refractivity contribution in [1.82, 2.24) is 20.1 Å². The first-order valence-electron chi connectivity index (χ1n) is 5.79. The highest BCUT2D eigenvalue weighted by Gasteiger charge is 2.25. The van der Waals surface area contributed by atoms with Gasteiger partial charge in [0, 0.05) is 19.7 Å². The van der Waals surface area contributed by atoms with Gasteiger partial charge >= 0.3 is 0 Å². The molecule has 0 saturated carbocycles. The van der Waals surface area contributed by atoms with E-state index in [0.29, 0.717) is 13.1 Å². The van der Waals surface area contributed by atoms with Gasteiger partial charge in [-0.25, -0.2) is 0 Å². The number of amides is 1. The van der Waals surface area contributed by atoms with Gasteiger partial charge in [-0.1, -0.05) is 0 Å². The quantitative estimate of drug-likeness (QED) is 0.775. The zero-order valence-electron chi connectivity index (χ0n) is 9.85. The highest BCUT2D eigenvalue weighted by atomic mass is 16.5. The fraction of sp³-hybridized carbons (Fsp3) is 0.700. The number of carbonyl (C=O) groups excluding carboxylic acids is 1. The van der Waals surface area contributed by atoms with E-state index < -0.39 is 0 Å². The summed E-state index contributed by atoms with van der Waals surface area (Å²) in [6.07, 6.45) is 2.00. The highest BCUT2D eigenvalue weighted by Crippen LogP contribution is 2.15. The van der Waals surface area contributed by atoms with Gasteiger partial charge in [0.05, 0.1) is 6.10 Å². The smallest absolute Gasteiger partial charge is 0.291 e. The summed E-state index contributed by atoms with van der Waals surface area (Å²) in [5, 5.41) is 6.18. The van der Waals surface area contributed by atoms with Crippen LogP contribution < -0.4 is 5.73 Å². The number of ether oxygens (including phenoxy) is 1. The van der Waals surface area contributed by atoms with Gasteiger partial charge in [0.2, 0.25) is 11.8 Å². The van der Waals surface area contributed by atoms with Crippen LogP contribution in [0.4, 0.5) is 5.95 Å². The van der Waals surface area contributed by atoms with Gasteiger partial charge in [-0.2, -0.15) is 4.98 Å². The van der Waals surface area contributed by atoms with Gasteiger partial charge in [0.15, 0.2) is 0 Å². The zero-order chi connectivity index (χ0) is 12.3. The van der Waals surface area contributed by atoms with Crippen molar-refractivity contribution in [2.75, 3.05) is 25.4 Å². The second-order valence-corrected chi connectivity index (χ2v) is 3.99. The monoisotopic (exact) mass is 239 g/mol. The molecule has 1 aromatic rings. The Morgan fingerprint density at radius 2 is 2.29 bits per heavy atom. The Morgan fingerprint density at radius 3 is 2.82 bits per heavy atom. The van der Waals surface area contributed by atoms with Crippen LogP contribution in [0, 0.1) is 0 Å². The summed E-state index contributed by atoms with van der Waals surface area (Å²) in [5.74, 6) is 0.152. The molecule has 1 aliphatic rings. The van der Waals surface area contributed by atoms with Crippen molar-refractivity contribution < 1.29 is 9.53 Å². The molecule has 1 amide bonds. The van der Waals surface area contributed by atoms with E-state index in [9.17, 15) is 4.79 Å². The maximum Gasteiger partial charge on any atom is 0.291 e. The van der Waals surface area contributed by atoms with Gasteiger partial charge in [0.1, 0.15) is 0 Å². The number of H-pyrrole nitrogens is 1. The number of nitrogen functional groups attached to an aromatic ring is 1. The first kappa shape index (κ1) is 11.8. The lowest BCUT2D eigenvalue weighted by Crippen LogP contribution is -2.41. The van der Waals surface area contributed by atoms with Crippen molar-refractivity contribution in [3.05, 3.63) is 5.82 Å². The number of rotatable bonds is 3. The fourth-order valence-corrected chi connectivity index (χ4v) is 1.98. The van der Waals surface area contributed by atoms with E-state index in [1.807, 2.05) is 6.92 Å². The van der Waals surface area contributed by atoms with Crippen molar-refractivity contribution in [2.24, 2.45) is 0 Å². The molecule has 94 valence electrons. The van der Waals surface area contributed by atoms with Crippen molar-refractivity contribution >= 4 is 11.9 Å². The fourth-order valence-electron chi connectivity index (χ4n) is 1.98. The van der Waals surface area contributed by atoms with Crippen LogP contribution in [0.15, 0.2) is 0 Å². The average Bonchev–Trinajstić information content (AvgIpc) is 2.76.